The van der Waals surface area contributed by atoms with Crippen LogP contribution in [-0.2, 0) is 34.0 Å². The zero-order valence-electron chi connectivity index (χ0n) is 17.5. The summed E-state index contributed by atoms with van der Waals surface area (Å²) in [6.45, 7) is 0.882. The average molecular weight is 423 g/mol. The van der Waals surface area contributed by atoms with E-state index in [1.165, 1.54) is 0 Å². The Bertz CT molecular complexity index is 841. The second-order valence-electron chi connectivity index (χ2n) is 7.34. The van der Waals surface area contributed by atoms with E-state index in [4.69, 9.17) is 14.2 Å². The van der Waals surface area contributed by atoms with Gasteiger partial charge in [0, 0.05) is 0 Å². The molecule has 0 saturated carbocycles. The Labute approximate surface area is 183 Å². The van der Waals surface area contributed by atoms with Crippen LogP contribution < -0.4 is 0 Å². The lowest BCUT2D eigenvalue weighted by Crippen LogP contribution is -2.44. The first-order chi connectivity index (χ1) is 15.3. The number of hydrogen-bond acceptors (Lipinski definition) is 5. The first kappa shape index (κ1) is 23.1. The van der Waals surface area contributed by atoms with Gasteiger partial charge in [0.2, 0.25) is 0 Å². The maximum Gasteiger partial charge on any atom is 0.111 e. The molecule has 0 bridgehead atoms. The first-order valence-electron chi connectivity index (χ1n) is 10.5. The van der Waals surface area contributed by atoms with E-state index in [1.807, 2.05) is 91.0 Å². The number of aliphatic hydroxyl groups excluding tert-OH is 2. The largest absolute Gasteiger partial charge is 0.394 e. The van der Waals surface area contributed by atoms with Crippen LogP contribution in [0, 0.1) is 0 Å². The Morgan fingerprint density at radius 2 is 1.00 bits per heavy atom. The van der Waals surface area contributed by atoms with Crippen molar-refractivity contribution in [2.45, 2.75) is 38.1 Å². The molecule has 0 fully saturated rings. The second kappa shape index (κ2) is 13.0. The van der Waals surface area contributed by atoms with Crippen LogP contribution in [0.4, 0.5) is 0 Å². The van der Waals surface area contributed by atoms with E-state index in [0.717, 1.165) is 16.7 Å². The summed E-state index contributed by atoms with van der Waals surface area (Å²) >= 11 is 0. The summed E-state index contributed by atoms with van der Waals surface area (Å²) in [5, 5.41) is 20.8. The summed E-state index contributed by atoms with van der Waals surface area (Å²) in [4.78, 5) is 0. The van der Waals surface area contributed by atoms with Gasteiger partial charge in [0.1, 0.15) is 18.3 Å². The lowest BCUT2D eigenvalue weighted by molar-refractivity contribution is -0.150. The molecule has 5 heteroatoms. The molecule has 164 valence electrons. The van der Waals surface area contributed by atoms with Crippen molar-refractivity contribution >= 4 is 0 Å². The SMILES string of the molecule is OC[C@@H](OCc1ccccc1)[C@@H](O)[C@H](COCc1ccccc1)OCc1ccccc1. The van der Waals surface area contributed by atoms with Crippen molar-refractivity contribution in [3.63, 3.8) is 0 Å². The fraction of sp³-hybridized carbons (Fsp3) is 0.308. The Morgan fingerprint density at radius 1 is 0.581 bits per heavy atom. The fourth-order valence-corrected chi connectivity index (χ4v) is 3.17. The maximum atomic E-state index is 10.9. The molecule has 2 N–H and O–H groups in total. The third-order valence-corrected chi connectivity index (χ3v) is 4.95. The Kier molecular flexibility index (Phi) is 9.70. The number of hydrogen-bond donors (Lipinski definition) is 2. The maximum absolute atomic E-state index is 10.9. The normalized spacial score (nSPS) is 14.1. The molecule has 0 aliphatic heterocycles. The van der Waals surface area contributed by atoms with Crippen molar-refractivity contribution < 1.29 is 24.4 Å². The highest BCUT2D eigenvalue weighted by molar-refractivity contribution is 5.15. The summed E-state index contributed by atoms with van der Waals surface area (Å²) < 4.78 is 17.6. The van der Waals surface area contributed by atoms with Gasteiger partial charge in [-0.3, -0.25) is 0 Å². The average Bonchev–Trinajstić information content (AvgIpc) is 2.83. The molecule has 3 aromatic rings. The van der Waals surface area contributed by atoms with Gasteiger partial charge in [0.25, 0.3) is 0 Å². The molecule has 3 rings (SSSR count). The van der Waals surface area contributed by atoms with Gasteiger partial charge in [-0.15, -0.1) is 0 Å². The van der Waals surface area contributed by atoms with E-state index in [9.17, 15) is 10.2 Å². The fourth-order valence-electron chi connectivity index (χ4n) is 3.17. The number of benzene rings is 3. The number of ether oxygens (including phenoxy) is 3. The van der Waals surface area contributed by atoms with Gasteiger partial charge in [-0.1, -0.05) is 91.0 Å². The molecule has 0 radical (unpaired) electrons. The van der Waals surface area contributed by atoms with Gasteiger partial charge in [0.15, 0.2) is 0 Å². The minimum atomic E-state index is -1.05. The molecule has 5 nitrogen and oxygen atoms in total. The third-order valence-electron chi connectivity index (χ3n) is 4.95. The summed E-state index contributed by atoms with van der Waals surface area (Å²) in [5.41, 5.74) is 3.00. The van der Waals surface area contributed by atoms with Crippen LogP contribution in [0.2, 0.25) is 0 Å². The lowest BCUT2D eigenvalue weighted by atomic mass is 10.1. The number of rotatable bonds is 13. The smallest absolute Gasteiger partial charge is 0.111 e. The van der Waals surface area contributed by atoms with Crippen LogP contribution in [0.3, 0.4) is 0 Å². The van der Waals surface area contributed by atoms with Crippen LogP contribution in [0.25, 0.3) is 0 Å². The van der Waals surface area contributed by atoms with Crippen molar-refractivity contribution in [2.24, 2.45) is 0 Å². The molecule has 0 spiro atoms. The molecule has 0 saturated heterocycles. The number of aliphatic hydroxyl groups is 2. The molecular weight excluding hydrogens is 392 g/mol. The zero-order valence-corrected chi connectivity index (χ0v) is 17.5. The van der Waals surface area contributed by atoms with Gasteiger partial charge in [-0.2, -0.15) is 0 Å². The van der Waals surface area contributed by atoms with Gasteiger partial charge < -0.3 is 24.4 Å². The minimum absolute atomic E-state index is 0.175. The van der Waals surface area contributed by atoms with E-state index in [-0.39, 0.29) is 13.2 Å². The first-order valence-corrected chi connectivity index (χ1v) is 10.5. The third kappa shape index (κ3) is 7.90. The van der Waals surface area contributed by atoms with Crippen LogP contribution in [0.15, 0.2) is 91.0 Å². The predicted molar refractivity (Wildman–Crippen MR) is 119 cm³/mol. The Morgan fingerprint density at radius 3 is 1.45 bits per heavy atom. The van der Waals surface area contributed by atoms with Crippen molar-refractivity contribution in [3.8, 4) is 0 Å². The Hall–Kier alpha value is -2.54. The minimum Gasteiger partial charge on any atom is -0.394 e. The highest BCUT2D eigenvalue weighted by Gasteiger charge is 2.29. The molecule has 3 atom stereocenters. The van der Waals surface area contributed by atoms with E-state index in [0.29, 0.717) is 19.8 Å². The quantitative estimate of drug-likeness (QED) is 0.439. The highest BCUT2D eigenvalue weighted by atomic mass is 16.6. The Balaban J connectivity index is 1.60. The molecule has 0 amide bonds. The van der Waals surface area contributed by atoms with Gasteiger partial charge in [-0.25, -0.2) is 0 Å². The van der Waals surface area contributed by atoms with Crippen molar-refractivity contribution in [1.82, 2.24) is 0 Å². The lowest BCUT2D eigenvalue weighted by Gasteiger charge is -2.29. The van der Waals surface area contributed by atoms with Crippen LogP contribution in [-0.4, -0.2) is 41.7 Å². The monoisotopic (exact) mass is 422 g/mol. The molecule has 0 unspecified atom stereocenters. The zero-order chi connectivity index (χ0) is 21.7. The predicted octanol–water partition coefficient (Wildman–Crippen LogP) is 3.73. The summed E-state index contributed by atoms with van der Waals surface area (Å²) in [6.07, 6.45) is -2.49. The summed E-state index contributed by atoms with van der Waals surface area (Å²) in [5.74, 6) is 0. The van der Waals surface area contributed by atoms with Crippen LogP contribution in [0.1, 0.15) is 16.7 Å². The van der Waals surface area contributed by atoms with Crippen molar-refractivity contribution in [1.29, 1.82) is 0 Å². The van der Waals surface area contributed by atoms with Crippen LogP contribution in [0.5, 0.6) is 0 Å². The molecule has 0 aliphatic rings. The highest BCUT2D eigenvalue weighted by Crippen LogP contribution is 2.15. The summed E-state index contributed by atoms with van der Waals surface area (Å²) in [7, 11) is 0. The summed E-state index contributed by atoms with van der Waals surface area (Å²) in [6, 6.07) is 29.2. The van der Waals surface area contributed by atoms with Gasteiger partial charge >= 0.3 is 0 Å². The van der Waals surface area contributed by atoms with Crippen molar-refractivity contribution in [2.75, 3.05) is 13.2 Å². The molecule has 0 aliphatic carbocycles. The molecule has 3 aromatic carbocycles. The molecular formula is C26H30O5. The molecule has 0 heterocycles. The van der Waals surface area contributed by atoms with Crippen LogP contribution >= 0.6 is 0 Å². The van der Waals surface area contributed by atoms with E-state index in [2.05, 4.69) is 0 Å². The van der Waals surface area contributed by atoms with Gasteiger partial charge in [-0.05, 0) is 16.7 Å². The van der Waals surface area contributed by atoms with E-state index < -0.39 is 18.3 Å². The molecule has 31 heavy (non-hydrogen) atoms. The van der Waals surface area contributed by atoms with Gasteiger partial charge in [0.05, 0.1) is 33.0 Å². The van der Waals surface area contributed by atoms with E-state index >= 15 is 0 Å². The standard InChI is InChI=1S/C26H30O5/c27-16-24(30-18-22-12-6-2-7-13-22)26(28)25(31-19-23-14-8-3-9-15-23)20-29-17-21-10-4-1-5-11-21/h1-15,24-28H,16-20H2/t24-,25+,26-/m1/s1. The molecule has 0 aromatic heterocycles. The second-order valence-corrected chi connectivity index (χ2v) is 7.34. The van der Waals surface area contributed by atoms with E-state index in [1.54, 1.807) is 0 Å². The topological polar surface area (TPSA) is 68.2 Å². The van der Waals surface area contributed by atoms with Crippen molar-refractivity contribution in [3.05, 3.63) is 108 Å².